The Labute approximate surface area is 163 Å². The Kier molecular flexibility index (Phi) is 5.46. The summed E-state index contributed by atoms with van der Waals surface area (Å²) in [5.74, 6) is -3.19. The summed E-state index contributed by atoms with van der Waals surface area (Å²) in [5, 5.41) is 5.12. The Morgan fingerprint density at radius 3 is 2.66 bits per heavy atom. The molecule has 1 aromatic carbocycles. The number of methoxy groups -OCH3 is 1. The maximum absolute atomic E-state index is 14.5. The number of nitrogens with two attached hydrogens (primary N) is 1. The minimum atomic E-state index is -4.58. The van der Waals surface area contributed by atoms with Gasteiger partial charge in [-0.25, -0.2) is 14.4 Å². The lowest BCUT2D eigenvalue weighted by molar-refractivity contribution is -0.188. The maximum atomic E-state index is 14.5. The van der Waals surface area contributed by atoms with Crippen molar-refractivity contribution in [2.24, 2.45) is 11.7 Å². The van der Waals surface area contributed by atoms with Crippen LogP contribution in [-0.4, -0.2) is 35.3 Å². The highest BCUT2D eigenvalue weighted by Crippen LogP contribution is 2.47. The van der Waals surface area contributed by atoms with Crippen LogP contribution in [0.1, 0.15) is 29.4 Å². The molecule has 0 bridgehead atoms. The molecule has 1 unspecified atom stereocenters. The van der Waals surface area contributed by atoms with E-state index in [1.165, 1.54) is 32.5 Å². The van der Waals surface area contributed by atoms with E-state index in [1.54, 1.807) is 0 Å². The summed E-state index contributed by atoms with van der Waals surface area (Å²) in [6.07, 6.45) is -3.50. The van der Waals surface area contributed by atoms with Gasteiger partial charge in [-0.3, -0.25) is 10.1 Å². The van der Waals surface area contributed by atoms with Crippen LogP contribution in [0, 0.1) is 11.7 Å². The maximum Gasteiger partial charge on any atom is 0.394 e. The molecule has 1 amide bonds. The van der Waals surface area contributed by atoms with Gasteiger partial charge in [0.25, 0.3) is 5.91 Å². The number of aromatic nitrogens is 2. The topological polar surface area (TPSA) is 102 Å². The van der Waals surface area contributed by atoms with Gasteiger partial charge >= 0.3 is 6.18 Å². The predicted octanol–water partition coefficient (Wildman–Crippen LogP) is 2.55. The number of hydrogen-bond donors (Lipinski definition) is 3. The first kappa shape index (κ1) is 20.9. The first-order chi connectivity index (χ1) is 13.5. The second-order valence-corrected chi connectivity index (χ2v) is 6.88. The molecule has 3 atom stereocenters. The summed E-state index contributed by atoms with van der Waals surface area (Å²) < 4.78 is 59.9. The molecule has 0 radical (unpaired) electrons. The number of alkyl halides is 3. The monoisotopic (exact) mass is 413 g/mol. The molecule has 11 heteroatoms. The normalized spacial score (nSPS) is 24.4. The molecule has 1 fully saturated rings. The molecule has 0 saturated carbocycles. The average Bonchev–Trinajstić information content (AvgIpc) is 2.99. The van der Waals surface area contributed by atoms with Crippen molar-refractivity contribution in [1.82, 2.24) is 15.3 Å². The number of carbonyl (C=O) groups excluding carboxylic acids is 1. The predicted molar refractivity (Wildman–Crippen MR) is 95.6 cm³/mol. The van der Waals surface area contributed by atoms with Crippen LogP contribution < -0.4 is 21.1 Å². The van der Waals surface area contributed by atoms with Crippen LogP contribution >= 0.6 is 0 Å². The van der Waals surface area contributed by atoms with E-state index in [0.717, 1.165) is 12.1 Å². The minimum absolute atomic E-state index is 0.0444. The van der Waals surface area contributed by atoms with Crippen LogP contribution in [0.2, 0.25) is 0 Å². The van der Waals surface area contributed by atoms with Gasteiger partial charge in [-0.2, -0.15) is 13.2 Å². The Bertz CT molecular complexity index is 906. The van der Waals surface area contributed by atoms with Crippen LogP contribution in [0.15, 0.2) is 30.6 Å². The number of hydrogen-bond acceptors (Lipinski definition) is 6. The van der Waals surface area contributed by atoms with Gasteiger partial charge in [-0.1, -0.05) is 0 Å². The molecular weight excluding hydrogens is 394 g/mol. The standard InChI is InChI=1S/C18H19F4N5O2/c1-17(13(18(20,21)22)6-14(23)27-17)10-5-9(3-4-11(10)19)26-16(28)12-7-25-15(29-2)8-24-12/h3-5,7-8,13-14,27H,6,23H2,1-2H3,(H,26,28)/t13-,14?,17-/m0/s1. The van der Waals surface area contributed by atoms with Gasteiger partial charge in [0.15, 0.2) is 0 Å². The van der Waals surface area contributed by atoms with Crippen LogP contribution in [0.25, 0.3) is 0 Å². The summed E-state index contributed by atoms with van der Waals surface area (Å²) >= 11 is 0. The first-order valence-electron chi connectivity index (χ1n) is 8.62. The zero-order valence-electron chi connectivity index (χ0n) is 15.5. The third kappa shape index (κ3) is 4.15. The van der Waals surface area contributed by atoms with Gasteiger partial charge in [0.1, 0.15) is 11.5 Å². The van der Waals surface area contributed by atoms with Gasteiger partial charge in [0.2, 0.25) is 5.88 Å². The number of nitrogens with one attached hydrogen (secondary N) is 2. The van der Waals surface area contributed by atoms with E-state index in [2.05, 4.69) is 20.6 Å². The number of halogens is 4. The van der Waals surface area contributed by atoms with Gasteiger partial charge < -0.3 is 15.8 Å². The average molecular weight is 413 g/mol. The zero-order chi connectivity index (χ0) is 21.4. The van der Waals surface area contributed by atoms with Gasteiger partial charge in [-0.05, 0) is 31.5 Å². The molecule has 7 nitrogen and oxygen atoms in total. The molecule has 1 saturated heterocycles. The van der Waals surface area contributed by atoms with E-state index < -0.39 is 41.9 Å². The number of rotatable bonds is 4. The molecule has 4 N–H and O–H groups in total. The van der Waals surface area contributed by atoms with Crippen molar-refractivity contribution >= 4 is 11.6 Å². The molecule has 0 aliphatic carbocycles. The lowest BCUT2D eigenvalue weighted by Gasteiger charge is -2.34. The van der Waals surface area contributed by atoms with E-state index in [4.69, 9.17) is 10.5 Å². The van der Waals surface area contributed by atoms with E-state index in [0.29, 0.717) is 0 Å². The second-order valence-electron chi connectivity index (χ2n) is 6.88. The minimum Gasteiger partial charge on any atom is -0.480 e. The molecule has 2 heterocycles. The van der Waals surface area contributed by atoms with E-state index in [-0.39, 0.29) is 22.8 Å². The molecule has 2 aromatic rings. The van der Waals surface area contributed by atoms with E-state index in [9.17, 15) is 22.4 Å². The summed E-state index contributed by atoms with van der Waals surface area (Å²) in [7, 11) is 1.39. The summed E-state index contributed by atoms with van der Waals surface area (Å²) in [6.45, 7) is 1.25. The van der Waals surface area contributed by atoms with E-state index in [1.807, 2.05) is 0 Å². The number of ether oxygens (including phenoxy) is 1. The number of anilines is 1. The fraction of sp³-hybridized carbons (Fsp3) is 0.389. The summed E-state index contributed by atoms with van der Waals surface area (Å²) in [5.41, 5.74) is 3.70. The van der Waals surface area contributed by atoms with Crippen molar-refractivity contribution in [3.8, 4) is 5.88 Å². The lowest BCUT2D eigenvalue weighted by Crippen LogP contribution is -2.47. The van der Waals surface area contributed by atoms with Gasteiger partial charge in [0.05, 0.1) is 37.1 Å². The zero-order valence-corrected chi connectivity index (χ0v) is 15.5. The Morgan fingerprint density at radius 1 is 1.34 bits per heavy atom. The van der Waals surface area contributed by atoms with Gasteiger partial charge in [0, 0.05) is 11.3 Å². The molecule has 3 rings (SSSR count). The number of amides is 1. The highest BCUT2D eigenvalue weighted by atomic mass is 19.4. The smallest absolute Gasteiger partial charge is 0.394 e. The number of benzene rings is 1. The largest absolute Gasteiger partial charge is 0.480 e. The molecular formula is C18H19F4N5O2. The lowest BCUT2D eigenvalue weighted by atomic mass is 9.80. The van der Waals surface area contributed by atoms with Crippen molar-refractivity contribution in [3.63, 3.8) is 0 Å². The van der Waals surface area contributed by atoms with Crippen molar-refractivity contribution < 1.29 is 27.1 Å². The summed E-state index contributed by atoms with van der Waals surface area (Å²) in [6, 6.07) is 3.40. The molecule has 1 aliphatic heterocycles. The molecule has 1 aromatic heterocycles. The molecule has 29 heavy (non-hydrogen) atoms. The van der Waals surface area contributed by atoms with Crippen molar-refractivity contribution in [1.29, 1.82) is 0 Å². The third-order valence-electron chi connectivity index (χ3n) is 4.92. The number of carbonyl (C=O) groups is 1. The fourth-order valence-electron chi connectivity index (χ4n) is 3.50. The quantitative estimate of drug-likeness (QED) is 0.666. The third-order valence-corrected chi connectivity index (χ3v) is 4.92. The Morgan fingerprint density at radius 2 is 2.07 bits per heavy atom. The van der Waals surface area contributed by atoms with Crippen LogP contribution in [0.4, 0.5) is 23.2 Å². The van der Waals surface area contributed by atoms with Crippen molar-refractivity contribution in [2.75, 3.05) is 12.4 Å². The van der Waals surface area contributed by atoms with Crippen LogP contribution in [-0.2, 0) is 5.54 Å². The van der Waals surface area contributed by atoms with Crippen molar-refractivity contribution in [3.05, 3.63) is 47.7 Å². The van der Waals surface area contributed by atoms with E-state index >= 15 is 0 Å². The SMILES string of the molecule is COc1cnc(C(=O)Nc2ccc(F)c([C@]3(C)NC(N)C[C@@H]3C(F)(F)F)c2)cn1. The Balaban J connectivity index is 1.90. The van der Waals surface area contributed by atoms with Crippen molar-refractivity contribution in [2.45, 2.75) is 31.2 Å². The molecule has 0 spiro atoms. The fourth-order valence-corrected chi connectivity index (χ4v) is 3.50. The van der Waals surface area contributed by atoms with Crippen LogP contribution in [0.5, 0.6) is 5.88 Å². The second kappa shape index (κ2) is 7.56. The highest BCUT2D eigenvalue weighted by molar-refractivity contribution is 6.02. The summed E-state index contributed by atoms with van der Waals surface area (Å²) in [4.78, 5) is 20.1. The highest BCUT2D eigenvalue weighted by Gasteiger charge is 2.57. The number of nitrogens with zero attached hydrogens (tertiary/aromatic N) is 2. The molecule has 156 valence electrons. The van der Waals surface area contributed by atoms with Crippen LogP contribution in [0.3, 0.4) is 0 Å². The van der Waals surface area contributed by atoms with Gasteiger partial charge in [-0.15, -0.1) is 0 Å². The molecule has 1 aliphatic rings. The Hall–Kier alpha value is -2.79. The first-order valence-corrected chi connectivity index (χ1v) is 8.62.